The number of aryl methyl sites for hydroxylation is 1. The van der Waals surface area contributed by atoms with Crippen molar-refractivity contribution in [3.8, 4) is 11.1 Å². The summed E-state index contributed by atoms with van der Waals surface area (Å²) in [6, 6.07) is 16.1. The Balaban J connectivity index is 2.35. The molecule has 3 rings (SSSR count). The van der Waals surface area contributed by atoms with Gasteiger partial charge in [0, 0.05) is 11.1 Å². The van der Waals surface area contributed by atoms with E-state index in [-0.39, 0.29) is 0 Å². The highest BCUT2D eigenvalue weighted by Crippen LogP contribution is 2.28. The Bertz CT molecular complexity index is 703. The summed E-state index contributed by atoms with van der Waals surface area (Å²) in [5.74, 6) is 0. The maximum absolute atomic E-state index is 5.92. The number of hydrogen-bond acceptors (Lipinski definition) is 2. The lowest BCUT2D eigenvalue weighted by atomic mass is 10.0. The summed E-state index contributed by atoms with van der Waals surface area (Å²) in [4.78, 5) is 8.70. The highest BCUT2D eigenvalue weighted by Gasteiger charge is 2.07. The van der Waals surface area contributed by atoms with Gasteiger partial charge in [-0.3, -0.25) is 0 Å². The molecule has 0 N–H and O–H groups in total. The quantitative estimate of drug-likeness (QED) is 0.607. The van der Waals surface area contributed by atoms with E-state index in [1.807, 2.05) is 31.2 Å². The van der Waals surface area contributed by atoms with Crippen LogP contribution in [-0.2, 0) is 0 Å². The van der Waals surface area contributed by atoms with Crippen LogP contribution in [0.1, 0.15) is 5.69 Å². The van der Waals surface area contributed by atoms with Gasteiger partial charge in [-0.15, -0.1) is 0 Å². The van der Waals surface area contributed by atoms with Crippen LogP contribution in [0.15, 0.2) is 48.5 Å². The molecule has 3 aromatic rings. The second-order valence-electron chi connectivity index (χ2n) is 4.18. The Morgan fingerprint density at radius 1 is 0.944 bits per heavy atom. The Morgan fingerprint density at radius 2 is 1.72 bits per heavy atom. The van der Waals surface area contributed by atoms with E-state index < -0.39 is 0 Å². The molecule has 0 spiro atoms. The normalized spacial score (nSPS) is 10.8. The van der Waals surface area contributed by atoms with Crippen molar-refractivity contribution >= 4 is 22.6 Å². The predicted octanol–water partition coefficient (Wildman–Crippen LogP) is 4.26. The number of pyridine rings is 2. The maximum atomic E-state index is 5.92. The molecule has 0 atom stereocenters. The molecule has 88 valence electrons. The molecule has 1 aromatic carbocycles. The number of hydrogen-bond donors (Lipinski definition) is 0. The first kappa shape index (κ1) is 11.2. The zero-order valence-corrected chi connectivity index (χ0v) is 10.6. The maximum Gasteiger partial charge on any atom is 0.161 e. The summed E-state index contributed by atoms with van der Waals surface area (Å²) in [5.41, 5.74) is 3.94. The number of nitrogens with zero attached hydrogens (tertiary/aromatic N) is 2. The van der Waals surface area contributed by atoms with Crippen molar-refractivity contribution in [1.29, 1.82) is 0 Å². The van der Waals surface area contributed by atoms with Crippen LogP contribution in [0.4, 0.5) is 0 Å². The van der Waals surface area contributed by atoms with E-state index in [1.165, 1.54) is 0 Å². The van der Waals surface area contributed by atoms with Gasteiger partial charge >= 0.3 is 0 Å². The van der Waals surface area contributed by atoms with Crippen molar-refractivity contribution < 1.29 is 0 Å². The summed E-state index contributed by atoms with van der Waals surface area (Å²) in [7, 11) is 0. The van der Waals surface area contributed by atoms with Gasteiger partial charge in [-0.05, 0) is 36.2 Å². The van der Waals surface area contributed by atoms with Gasteiger partial charge in [0.2, 0.25) is 0 Å². The van der Waals surface area contributed by atoms with Gasteiger partial charge in [-0.1, -0.05) is 41.9 Å². The molecule has 0 fully saturated rings. The molecule has 0 amide bonds. The van der Waals surface area contributed by atoms with Crippen molar-refractivity contribution in [3.05, 3.63) is 59.4 Å². The minimum atomic E-state index is 0.472. The van der Waals surface area contributed by atoms with E-state index in [2.05, 4.69) is 28.2 Å². The van der Waals surface area contributed by atoms with Crippen molar-refractivity contribution in [3.63, 3.8) is 0 Å². The average molecular weight is 255 g/mol. The van der Waals surface area contributed by atoms with E-state index >= 15 is 0 Å². The standard InChI is InChI=1S/C15H11ClN2/c1-10-9-13(11-5-3-2-4-6-11)12-7-8-14(16)18-15(12)17-10/h2-9H,1H3. The van der Waals surface area contributed by atoms with Gasteiger partial charge < -0.3 is 0 Å². The van der Waals surface area contributed by atoms with E-state index in [4.69, 9.17) is 11.6 Å². The summed E-state index contributed by atoms with van der Waals surface area (Å²) < 4.78 is 0. The summed E-state index contributed by atoms with van der Waals surface area (Å²) in [6.45, 7) is 1.97. The third-order valence-electron chi connectivity index (χ3n) is 2.85. The van der Waals surface area contributed by atoms with Gasteiger partial charge in [-0.25, -0.2) is 9.97 Å². The molecule has 0 bridgehead atoms. The first-order valence-electron chi connectivity index (χ1n) is 5.73. The van der Waals surface area contributed by atoms with Gasteiger partial charge in [0.25, 0.3) is 0 Å². The summed E-state index contributed by atoms with van der Waals surface area (Å²) in [6.07, 6.45) is 0. The third kappa shape index (κ3) is 1.95. The molecule has 0 aliphatic heterocycles. The topological polar surface area (TPSA) is 25.8 Å². The van der Waals surface area contributed by atoms with Crippen LogP contribution >= 0.6 is 11.6 Å². The summed E-state index contributed by atoms with van der Waals surface area (Å²) in [5, 5.41) is 1.50. The van der Waals surface area contributed by atoms with Crippen LogP contribution in [0.2, 0.25) is 5.15 Å². The molecule has 0 saturated heterocycles. The zero-order chi connectivity index (χ0) is 12.5. The average Bonchev–Trinajstić information content (AvgIpc) is 2.38. The van der Waals surface area contributed by atoms with Gasteiger partial charge in [0.1, 0.15) is 5.15 Å². The molecule has 2 heterocycles. The highest BCUT2D eigenvalue weighted by atomic mass is 35.5. The van der Waals surface area contributed by atoms with Crippen LogP contribution in [0.5, 0.6) is 0 Å². The molecule has 0 radical (unpaired) electrons. The largest absolute Gasteiger partial charge is 0.233 e. The van der Waals surface area contributed by atoms with Gasteiger partial charge in [0.15, 0.2) is 5.65 Å². The van der Waals surface area contributed by atoms with Crippen molar-refractivity contribution in [1.82, 2.24) is 9.97 Å². The first-order chi connectivity index (χ1) is 8.74. The Kier molecular flexibility index (Phi) is 2.73. The lowest BCUT2D eigenvalue weighted by molar-refractivity contribution is 1.20. The second kappa shape index (κ2) is 4.39. The molecule has 3 heteroatoms. The van der Waals surface area contributed by atoms with Crippen molar-refractivity contribution in [2.75, 3.05) is 0 Å². The van der Waals surface area contributed by atoms with E-state index in [9.17, 15) is 0 Å². The monoisotopic (exact) mass is 254 g/mol. The smallest absolute Gasteiger partial charge is 0.161 e. The first-order valence-corrected chi connectivity index (χ1v) is 6.11. The number of rotatable bonds is 1. The fourth-order valence-electron chi connectivity index (χ4n) is 2.06. The molecule has 0 aliphatic rings. The van der Waals surface area contributed by atoms with E-state index in [1.54, 1.807) is 6.07 Å². The minimum absolute atomic E-state index is 0.472. The molecule has 0 aliphatic carbocycles. The molecule has 2 nitrogen and oxygen atoms in total. The molecule has 0 saturated carbocycles. The van der Waals surface area contributed by atoms with Gasteiger partial charge in [0.05, 0.1) is 0 Å². The highest BCUT2D eigenvalue weighted by molar-refractivity contribution is 6.29. The minimum Gasteiger partial charge on any atom is -0.233 e. The fourth-order valence-corrected chi connectivity index (χ4v) is 2.21. The lowest BCUT2D eigenvalue weighted by Crippen LogP contribution is -1.91. The van der Waals surface area contributed by atoms with E-state index in [0.717, 1.165) is 22.2 Å². The molecular weight excluding hydrogens is 244 g/mol. The lowest BCUT2D eigenvalue weighted by Gasteiger charge is -2.07. The van der Waals surface area contributed by atoms with E-state index in [0.29, 0.717) is 10.8 Å². The van der Waals surface area contributed by atoms with Gasteiger partial charge in [-0.2, -0.15) is 0 Å². The Labute approximate surface area is 110 Å². The molecule has 2 aromatic heterocycles. The fraction of sp³-hybridized carbons (Fsp3) is 0.0667. The molecular formula is C15H11ClN2. The second-order valence-corrected chi connectivity index (χ2v) is 4.57. The van der Waals surface area contributed by atoms with Crippen LogP contribution in [0.25, 0.3) is 22.2 Å². The predicted molar refractivity (Wildman–Crippen MR) is 74.7 cm³/mol. The van der Waals surface area contributed by atoms with Crippen LogP contribution < -0.4 is 0 Å². The van der Waals surface area contributed by atoms with Crippen molar-refractivity contribution in [2.24, 2.45) is 0 Å². The van der Waals surface area contributed by atoms with Crippen LogP contribution in [-0.4, -0.2) is 9.97 Å². The number of benzene rings is 1. The van der Waals surface area contributed by atoms with Crippen LogP contribution in [0.3, 0.4) is 0 Å². The van der Waals surface area contributed by atoms with Crippen molar-refractivity contribution in [2.45, 2.75) is 6.92 Å². The Hall–Kier alpha value is -1.93. The Morgan fingerprint density at radius 3 is 2.50 bits per heavy atom. The number of halogens is 1. The number of fused-ring (bicyclic) bond motifs is 1. The molecule has 18 heavy (non-hydrogen) atoms. The summed E-state index contributed by atoms with van der Waals surface area (Å²) >= 11 is 5.92. The molecule has 0 unspecified atom stereocenters. The van der Waals surface area contributed by atoms with Crippen LogP contribution in [0, 0.1) is 6.92 Å². The number of aromatic nitrogens is 2. The zero-order valence-electron chi connectivity index (χ0n) is 9.89. The third-order valence-corrected chi connectivity index (χ3v) is 3.06. The SMILES string of the molecule is Cc1cc(-c2ccccc2)c2ccc(Cl)nc2n1.